The largest absolute Gasteiger partial charge is 0.368 e. The Balaban J connectivity index is 3.06. The van der Waals surface area contributed by atoms with E-state index in [1.165, 1.54) is 6.07 Å². The minimum Gasteiger partial charge on any atom is -0.368 e. The second-order valence-corrected chi connectivity index (χ2v) is 4.90. The zero-order valence-electron chi connectivity index (χ0n) is 11.6. The summed E-state index contributed by atoms with van der Waals surface area (Å²) in [5.74, 6) is -2.02. The fourth-order valence-corrected chi connectivity index (χ4v) is 2.04. The molecule has 1 aromatic rings. The lowest BCUT2D eigenvalue weighted by Crippen LogP contribution is -2.43. The highest BCUT2D eigenvalue weighted by Crippen LogP contribution is 2.14. The molecule has 0 unspecified atom stereocenters. The number of hydrogen-bond donors (Lipinski definition) is 2. The average molecular weight is 313 g/mol. The Kier molecular flexibility index (Phi) is 6.10. The Morgan fingerprint density at radius 2 is 1.76 bits per heavy atom. The van der Waals surface area contributed by atoms with Gasteiger partial charge in [0.05, 0.1) is 0 Å². The number of carbonyl (C=O) groups excluding carboxylic acids is 3. The number of nitrogens with two attached hydrogens (primary N) is 2. The van der Waals surface area contributed by atoms with E-state index in [0.29, 0.717) is 12.1 Å². The quantitative estimate of drug-likeness (QED) is 0.694. The highest BCUT2D eigenvalue weighted by molar-refractivity contribution is 6.29. The van der Waals surface area contributed by atoms with Crippen LogP contribution in [0.25, 0.3) is 0 Å². The fourth-order valence-electron chi connectivity index (χ4n) is 1.82. The van der Waals surface area contributed by atoms with Gasteiger partial charge in [-0.2, -0.15) is 0 Å². The maximum absolute atomic E-state index is 12.3. The summed E-state index contributed by atoms with van der Waals surface area (Å²) in [6.45, 7) is 1.17. The van der Waals surface area contributed by atoms with Crippen molar-refractivity contribution in [3.63, 3.8) is 0 Å². The van der Waals surface area contributed by atoms with Crippen molar-refractivity contribution in [1.82, 2.24) is 9.88 Å². The molecule has 0 aromatic carbocycles. The lowest BCUT2D eigenvalue weighted by Gasteiger charge is -2.19. The van der Waals surface area contributed by atoms with Crippen molar-refractivity contribution in [1.29, 1.82) is 0 Å². The Hall–Kier alpha value is -2.15. The van der Waals surface area contributed by atoms with Gasteiger partial charge in [0.15, 0.2) is 0 Å². The van der Waals surface area contributed by atoms with Gasteiger partial charge in [-0.25, -0.2) is 4.98 Å². The van der Waals surface area contributed by atoms with Gasteiger partial charge < -0.3 is 16.4 Å². The van der Waals surface area contributed by atoms with Gasteiger partial charge in [0.25, 0.3) is 5.91 Å². The van der Waals surface area contributed by atoms with E-state index in [0.717, 1.165) is 11.3 Å². The van der Waals surface area contributed by atoms with Crippen molar-refractivity contribution in [3.05, 3.63) is 28.5 Å². The number of aromatic nitrogens is 1. The van der Waals surface area contributed by atoms with Crippen LogP contribution in [0.4, 0.5) is 0 Å². The van der Waals surface area contributed by atoms with Crippen LogP contribution in [-0.4, -0.2) is 40.7 Å². The molecule has 3 amide bonds. The molecule has 0 saturated carbocycles. The van der Waals surface area contributed by atoms with Gasteiger partial charge in [0.2, 0.25) is 11.8 Å². The molecule has 1 heterocycles. The molecule has 1 rings (SSSR count). The molecule has 0 bridgehead atoms. The summed E-state index contributed by atoms with van der Waals surface area (Å²) in [6, 6.07) is 2.95. The Morgan fingerprint density at radius 1 is 1.19 bits per heavy atom. The molecule has 0 saturated heterocycles. The zero-order chi connectivity index (χ0) is 16.0. The number of halogens is 1. The van der Waals surface area contributed by atoms with E-state index in [-0.39, 0.29) is 10.7 Å². The summed E-state index contributed by atoms with van der Waals surface area (Å²) in [6.07, 6.45) is 1.50. The molecule has 0 spiro atoms. The molecule has 0 radical (unpaired) electrons. The van der Waals surface area contributed by atoms with Crippen molar-refractivity contribution >= 4 is 29.3 Å². The summed E-state index contributed by atoms with van der Waals surface area (Å²) >= 11 is 5.88. The van der Waals surface area contributed by atoms with E-state index in [2.05, 4.69) is 4.98 Å². The van der Waals surface area contributed by atoms with Crippen LogP contribution in [0.15, 0.2) is 12.1 Å². The van der Waals surface area contributed by atoms with Gasteiger partial charge in [-0.1, -0.05) is 24.9 Å². The second kappa shape index (κ2) is 7.58. The van der Waals surface area contributed by atoms with Crippen molar-refractivity contribution in [3.8, 4) is 0 Å². The molecule has 114 valence electrons. The number of hydrogen-bond acceptors (Lipinski definition) is 4. The third-order valence-electron chi connectivity index (χ3n) is 2.58. The third-order valence-corrected chi connectivity index (χ3v) is 2.77. The van der Waals surface area contributed by atoms with Gasteiger partial charge in [0.1, 0.15) is 18.2 Å². The number of nitrogens with zero attached hydrogens (tertiary/aromatic N) is 2. The molecule has 0 aliphatic heterocycles. The Morgan fingerprint density at radius 3 is 2.24 bits per heavy atom. The van der Waals surface area contributed by atoms with Crippen LogP contribution in [0.5, 0.6) is 0 Å². The van der Waals surface area contributed by atoms with E-state index in [1.807, 2.05) is 6.92 Å². The molecule has 4 N–H and O–H groups in total. The number of rotatable bonds is 7. The number of primary amides is 2. The standard InChI is InChI=1S/C13H17ClN4O3/c1-2-3-9-4-8(5-10(14)17-9)13(21)18(6-11(15)19)7-12(16)20/h4-5H,2-3,6-7H2,1H3,(H2,15,19)(H2,16,20). The molecule has 1 aromatic heterocycles. The van der Waals surface area contributed by atoms with Crippen LogP contribution >= 0.6 is 11.6 Å². The highest BCUT2D eigenvalue weighted by atomic mass is 35.5. The summed E-state index contributed by atoms with van der Waals surface area (Å²) < 4.78 is 0. The van der Waals surface area contributed by atoms with Crippen molar-refractivity contribution in [2.45, 2.75) is 19.8 Å². The lowest BCUT2D eigenvalue weighted by atomic mass is 10.1. The predicted octanol–water partition coefficient (Wildman–Crippen LogP) is 0.100. The van der Waals surface area contributed by atoms with Crippen LogP contribution in [0.2, 0.25) is 5.15 Å². The van der Waals surface area contributed by atoms with E-state index in [4.69, 9.17) is 23.1 Å². The summed E-state index contributed by atoms with van der Waals surface area (Å²) in [7, 11) is 0. The number of pyridine rings is 1. The topological polar surface area (TPSA) is 119 Å². The van der Waals surface area contributed by atoms with E-state index in [9.17, 15) is 14.4 Å². The van der Waals surface area contributed by atoms with Gasteiger partial charge in [-0.15, -0.1) is 0 Å². The monoisotopic (exact) mass is 312 g/mol. The highest BCUT2D eigenvalue weighted by Gasteiger charge is 2.20. The van der Waals surface area contributed by atoms with Crippen LogP contribution in [-0.2, 0) is 16.0 Å². The minimum atomic E-state index is -0.737. The molecular formula is C13H17ClN4O3. The zero-order valence-corrected chi connectivity index (χ0v) is 12.4. The third kappa shape index (κ3) is 5.39. The van der Waals surface area contributed by atoms with Gasteiger partial charge in [-0.05, 0) is 18.6 Å². The van der Waals surface area contributed by atoms with Crippen molar-refractivity contribution in [2.75, 3.05) is 13.1 Å². The maximum atomic E-state index is 12.3. The molecule has 7 nitrogen and oxygen atoms in total. The molecule has 0 fully saturated rings. The van der Waals surface area contributed by atoms with E-state index < -0.39 is 30.8 Å². The number of amides is 3. The van der Waals surface area contributed by atoms with Crippen molar-refractivity contribution < 1.29 is 14.4 Å². The van der Waals surface area contributed by atoms with Crippen LogP contribution in [0, 0.1) is 0 Å². The smallest absolute Gasteiger partial charge is 0.254 e. The lowest BCUT2D eigenvalue weighted by molar-refractivity contribution is -0.121. The predicted molar refractivity (Wildman–Crippen MR) is 77.5 cm³/mol. The molecule has 8 heteroatoms. The minimum absolute atomic E-state index is 0.169. The average Bonchev–Trinajstić information content (AvgIpc) is 2.35. The molecule has 0 atom stereocenters. The fraction of sp³-hybridized carbons (Fsp3) is 0.385. The number of aryl methyl sites for hydroxylation is 1. The Labute approximate surface area is 127 Å². The van der Waals surface area contributed by atoms with Gasteiger partial charge >= 0.3 is 0 Å². The van der Waals surface area contributed by atoms with Crippen molar-refractivity contribution in [2.24, 2.45) is 11.5 Å². The Bertz CT molecular complexity index is 546. The second-order valence-electron chi connectivity index (χ2n) is 4.51. The van der Waals surface area contributed by atoms with Crippen LogP contribution < -0.4 is 11.5 Å². The van der Waals surface area contributed by atoms with E-state index in [1.54, 1.807) is 6.07 Å². The molecule has 0 aliphatic rings. The van der Waals surface area contributed by atoms with Gasteiger partial charge in [-0.3, -0.25) is 14.4 Å². The van der Waals surface area contributed by atoms with Crippen LogP contribution in [0.1, 0.15) is 29.4 Å². The SMILES string of the molecule is CCCc1cc(C(=O)N(CC(N)=O)CC(N)=O)cc(Cl)n1. The van der Waals surface area contributed by atoms with Crippen LogP contribution in [0.3, 0.4) is 0 Å². The first-order chi connectivity index (χ1) is 9.83. The first-order valence-electron chi connectivity index (χ1n) is 6.35. The maximum Gasteiger partial charge on any atom is 0.254 e. The normalized spacial score (nSPS) is 10.2. The summed E-state index contributed by atoms with van der Waals surface area (Å²) in [4.78, 5) is 39.4. The van der Waals surface area contributed by atoms with E-state index >= 15 is 0 Å². The molecule has 21 heavy (non-hydrogen) atoms. The summed E-state index contributed by atoms with van der Waals surface area (Å²) in [5.41, 5.74) is 11.0. The number of carbonyl (C=O) groups is 3. The summed E-state index contributed by atoms with van der Waals surface area (Å²) in [5, 5.41) is 0.169. The first kappa shape index (κ1) is 16.9. The molecule has 0 aliphatic carbocycles. The first-order valence-corrected chi connectivity index (χ1v) is 6.73. The molecular weight excluding hydrogens is 296 g/mol. The van der Waals surface area contributed by atoms with Gasteiger partial charge in [0, 0.05) is 11.3 Å².